The third-order valence-corrected chi connectivity index (χ3v) is 3.81. The number of nitrogens with zero attached hydrogens (tertiary/aromatic N) is 1. The van der Waals surface area contributed by atoms with E-state index < -0.39 is 49.8 Å². The topological polar surface area (TPSA) is 127 Å². The molecule has 0 aromatic heterocycles. The summed E-state index contributed by atoms with van der Waals surface area (Å²) in [5.41, 5.74) is -0.896. The van der Waals surface area contributed by atoms with Gasteiger partial charge in [0.1, 0.15) is 6.04 Å². The molecule has 0 amide bonds. The van der Waals surface area contributed by atoms with Gasteiger partial charge in [-0.3, -0.25) is 14.9 Å². The summed E-state index contributed by atoms with van der Waals surface area (Å²) in [5.74, 6) is -0.868. The highest BCUT2D eigenvalue weighted by Gasteiger charge is 2.26. The minimum absolute atomic E-state index is 0.413. The van der Waals surface area contributed by atoms with Crippen LogP contribution in [0.2, 0.25) is 0 Å². The molecule has 1 atom stereocenters. The zero-order valence-electron chi connectivity index (χ0n) is 10.3. The van der Waals surface area contributed by atoms with Crippen LogP contribution in [0.25, 0.3) is 0 Å². The first-order chi connectivity index (χ1) is 9.69. The summed E-state index contributed by atoms with van der Waals surface area (Å²) in [7, 11) is -4.38. The summed E-state index contributed by atoms with van der Waals surface area (Å²) in [6.45, 7) is 0. The molecule has 0 spiro atoms. The van der Waals surface area contributed by atoms with Crippen LogP contribution in [0.3, 0.4) is 0 Å². The molecule has 0 fully saturated rings. The van der Waals surface area contributed by atoms with Gasteiger partial charge in [-0.05, 0) is 6.07 Å². The summed E-state index contributed by atoms with van der Waals surface area (Å²) >= 11 is 0. The van der Waals surface area contributed by atoms with Crippen LogP contribution in [0, 0.1) is 28.3 Å². The Morgan fingerprint density at radius 2 is 2.19 bits per heavy atom. The third kappa shape index (κ3) is 3.98. The molecule has 1 aromatic rings. The standard InChI is InChI=1S/C11H9FN2O6S/c1-2-3-9(11(15)16)13-21(19,20)7-4-5-10(14(17)18)8(12)6-7/h1,4-6,9,13H,3H2,(H,15,16). The number of hydrogen-bond acceptors (Lipinski definition) is 5. The molecule has 0 radical (unpaired) electrons. The fourth-order valence-electron chi connectivity index (χ4n) is 1.36. The largest absolute Gasteiger partial charge is 0.480 e. The van der Waals surface area contributed by atoms with Crippen molar-refractivity contribution in [1.29, 1.82) is 0 Å². The highest BCUT2D eigenvalue weighted by atomic mass is 32.2. The lowest BCUT2D eigenvalue weighted by molar-refractivity contribution is -0.387. The van der Waals surface area contributed by atoms with Crippen molar-refractivity contribution in [3.63, 3.8) is 0 Å². The van der Waals surface area contributed by atoms with E-state index in [1.54, 1.807) is 4.72 Å². The van der Waals surface area contributed by atoms with E-state index in [1.807, 2.05) is 5.92 Å². The number of carboxylic acid groups (broad SMARTS) is 1. The predicted molar refractivity (Wildman–Crippen MR) is 68.2 cm³/mol. The monoisotopic (exact) mass is 316 g/mol. The third-order valence-electron chi connectivity index (χ3n) is 2.34. The van der Waals surface area contributed by atoms with Gasteiger partial charge in [-0.1, -0.05) is 0 Å². The van der Waals surface area contributed by atoms with Crippen LogP contribution in [-0.2, 0) is 14.8 Å². The van der Waals surface area contributed by atoms with E-state index in [-0.39, 0.29) is 0 Å². The SMILES string of the molecule is C#CCC(NS(=O)(=O)c1ccc([N+](=O)[O-])c(F)c1)C(=O)O. The van der Waals surface area contributed by atoms with Crippen molar-refractivity contribution in [2.75, 3.05) is 0 Å². The minimum atomic E-state index is -4.38. The van der Waals surface area contributed by atoms with Crippen LogP contribution in [0.5, 0.6) is 0 Å². The number of nitrogens with one attached hydrogen (secondary N) is 1. The molecule has 2 N–H and O–H groups in total. The molecule has 0 bridgehead atoms. The molecule has 112 valence electrons. The fraction of sp³-hybridized carbons (Fsp3) is 0.182. The second kappa shape index (κ2) is 6.29. The van der Waals surface area contributed by atoms with Crippen LogP contribution in [0.15, 0.2) is 23.1 Å². The van der Waals surface area contributed by atoms with Gasteiger partial charge in [-0.2, -0.15) is 9.11 Å². The van der Waals surface area contributed by atoms with Gasteiger partial charge in [0.05, 0.1) is 9.82 Å². The Hall–Kier alpha value is -2.51. The molecule has 1 rings (SSSR count). The molecular formula is C11H9FN2O6S. The molecule has 0 heterocycles. The van der Waals surface area contributed by atoms with Crippen molar-refractivity contribution in [2.24, 2.45) is 0 Å². The van der Waals surface area contributed by atoms with Crippen molar-refractivity contribution in [2.45, 2.75) is 17.4 Å². The molecule has 0 aliphatic heterocycles. The predicted octanol–water partition coefficient (Wildman–Crippen LogP) is 0.489. The van der Waals surface area contributed by atoms with Crippen molar-refractivity contribution in [3.8, 4) is 12.3 Å². The van der Waals surface area contributed by atoms with E-state index in [4.69, 9.17) is 11.5 Å². The first-order valence-electron chi connectivity index (χ1n) is 5.31. The van der Waals surface area contributed by atoms with E-state index in [0.29, 0.717) is 12.1 Å². The summed E-state index contributed by atoms with van der Waals surface area (Å²) in [5, 5.41) is 19.2. The summed E-state index contributed by atoms with van der Waals surface area (Å²) in [6.07, 6.45) is 4.51. The number of nitro groups is 1. The molecule has 0 saturated heterocycles. The Morgan fingerprint density at radius 3 is 2.62 bits per heavy atom. The maximum Gasteiger partial charge on any atom is 0.322 e. The number of aliphatic carboxylic acids is 1. The van der Waals surface area contributed by atoms with Gasteiger partial charge in [0.2, 0.25) is 15.8 Å². The first kappa shape index (κ1) is 16.5. The summed E-state index contributed by atoms with van der Waals surface area (Å²) in [4.78, 5) is 19.6. The van der Waals surface area contributed by atoms with Crippen molar-refractivity contribution >= 4 is 21.7 Å². The number of terminal acetylenes is 1. The Morgan fingerprint density at radius 1 is 1.57 bits per heavy atom. The quantitative estimate of drug-likeness (QED) is 0.447. The fourth-order valence-corrected chi connectivity index (χ4v) is 2.56. The van der Waals surface area contributed by atoms with E-state index in [1.165, 1.54) is 0 Å². The summed E-state index contributed by atoms with van der Waals surface area (Å²) in [6, 6.07) is 0.298. The number of halogens is 1. The van der Waals surface area contributed by atoms with Gasteiger partial charge >= 0.3 is 11.7 Å². The van der Waals surface area contributed by atoms with Crippen molar-refractivity contribution in [1.82, 2.24) is 4.72 Å². The average Bonchev–Trinajstić information content (AvgIpc) is 2.37. The molecule has 0 aliphatic carbocycles. The van der Waals surface area contributed by atoms with Gasteiger partial charge < -0.3 is 5.11 Å². The number of benzene rings is 1. The second-order valence-electron chi connectivity index (χ2n) is 3.79. The highest BCUT2D eigenvalue weighted by Crippen LogP contribution is 2.21. The zero-order valence-corrected chi connectivity index (χ0v) is 11.1. The molecule has 1 unspecified atom stereocenters. The van der Waals surface area contributed by atoms with E-state index in [2.05, 4.69) is 0 Å². The van der Waals surface area contributed by atoms with Crippen LogP contribution >= 0.6 is 0 Å². The molecule has 8 nitrogen and oxygen atoms in total. The minimum Gasteiger partial charge on any atom is -0.480 e. The lowest BCUT2D eigenvalue weighted by atomic mass is 10.2. The van der Waals surface area contributed by atoms with Crippen LogP contribution in [0.1, 0.15) is 6.42 Å². The lowest BCUT2D eigenvalue weighted by Crippen LogP contribution is -2.40. The number of rotatable bonds is 6. The maximum absolute atomic E-state index is 13.4. The van der Waals surface area contributed by atoms with E-state index >= 15 is 0 Å². The highest BCUT2D eigenvalue weighted by molar-refractivity contribution is 7.89. The average molecular weight is 316 g/mol. The Kier molecular flexibility index (Phi) is 4.96. The Balaban J connectivity index is 3.14. The van der Waals surface area contributed by atoms with Crippen LogP contribution in [0.4, 0.5) is 10.1 Å². The maximum atomic E-state index is 13.4. The van der Waals surface area contributed by atoms with Crippen molar-refractivity contribution in [3.05, 3.63) is 34.1 Å². The normalized spacial score (nSPS) is 12.4. The summed E-state index contributed by atoms with van der Waals surface area (Å²) < 4.78 is 38.9. The van der Waals surface area contributed by atoms with Crippen molar-refractivity contribution < 1.29 is 27.6 Å². The number of carbonyl (C=O) groups is 1. The first-order valence-corrected chi connectivity index (χ1v) is 6.80. The van der Waals surface area contributed by atoms with E-state index in [0.717, 1.165) is 6.07 Å². The molecule has 0 aliphatic rings. The molecule has 0 saturated carbocycles. The Labute approximate surface area is 118 Å². The molecule has 21 heavy (non-hydrogen) atoms. The molecular weight excluding hydrogens is 307 g/mol. The smallest absolute Gasteiger partial charge is 0.322 e. The van der Waals surface area contributed by atoms with Crippen LogP contribution in [-0.4, -0.2) is 30.5 Å². The number of nitro benzene ring substituents is 1. The van der Waals surface area contributed by atoms with Gasteiger partial charge in [0.15, 0.2) is 0 Å². The van der Waals surface area contributed by atoms with Crippen LogP contribution < -0.4 is 4.72 Å². The van der Waals surface area contributed by atoms with Gasteiger partial charge in [-0.25, -0.2) is 8.42 Å². The number of sulfonamides is 1. The molecule has 1 aromatic carbocycles. The number of hydrogen-bond donors (Lipinski definition) is 2. The lowest BCUT2D eigenvalue weighted by Gasteiger charge is -2.12. The second-order valence-corrected chi connectivity index (χ2v) is 5.50. The van der Waals surface area contributed by atoms with Gasteiger partial charge in [0.25, 0.3) is 0 Å². The number of carboxylic acids is 1. The Bertz CT molecular complexity index is 725. The molecule has 10 heteroatoms. The zero-order chi connectivity index (χ0) is 16.2. The van der Waals surface area contributed by atoms with Gasteiger partial charge in [0, 0.05) is 18.6 Å². The van der Waals surface area contributed by atoms with Gasteiger partial charge in [-0.15, -0.1) is 12.3 Å². The van der Waals surface area contributed by atoms with E-state index in [9.17, 15) is 27.7 Å².